The first kappa shape index (κ1) is 29.2. The number of sulfonamides is 1. The molecule has 2 N–H and O–H groups in total. The van der Waals surface area contributed by atoms with Gasteiger partial charge in [0.25, 0.3) is 0 Å². The van der Waals surface area contributed by atoms with Crippen molar-refractivity contribution in [1.29, 1.82) is 0 Å². The number of nitrogens with zero attached hydrogens (tertiary/aromatic N) is 4. The number of pyridine rings is 1. The number of amides is 2. The van der Waals surface area contributed by atoms with E-state index in [1.165, 1.54) is 10.6 Å². The van der Waals surface area contributed by atoms with Gasteiger partial charge in [-0.1, -0.05) is 51.1 Å². The van der Waals surface area contributed by atoms with Gasteiger partial charge in [-0.05, 0) is 43.5 Å². The maximum absolute atomic E-state index is 14.2. The number of likely N-dealkylation sites (tertiary alicyclic amines) is 1. The number of rotatable bonds is 7. The van der Waals surface area contributed by atoms with Crippen molar-refractivity contribution in [3.63, 3.8) is 0 Å². The number of hydrogen-bond acceptors (Lipinski definition) is 6. The number of fused-ring (bicyclic) bond motifs is 2. The third-order valence-corrected chi connectivity index (χ3v) is 9.75. The zero-order chi connectivity index (χ0) is 29.7. The minimum atomic E-state index is -3.53. The Morgan fingerprint density at radius 3 is 2.44 bits per heavy atom. The highest BCUT2D eigenvalue weighted by molar-refractivity contribution is 7.88. The van der Waals surface area contributed by atoms with Crippen LogP contribution in [0.1, 0.15) is 45.7 Å². The second-order valence-electron chi connectivity index (χ2n) is 12.3. The molecule has 2 aromatic heterocycles. The molecular weight excluding hydrogens is 540 g/mol. The molecule has 0 aliphatic carbocycles. The van der Waals surface area contributed by atoms with Crippen LogP contribution < -0.4 is 10.6 Å². The first-order valence-electron chi connectivity index (χ1n) is 14.1. The molecule has 2 amide bonds. The number of likely N-dealkylation sites (N-methyl/N-ethyl adjacent to an activating group) is 1. The van der Waals surface area contributed by atoms with Crippen LogP contribution in [0.25, 0.3) is 16.8 Å². The van der Waals surface area contributed by atoms with Crippen LogP contribution in [-0.2, 0) is 19.6 Å². The molecule has 220 valence electrons. The van der Waals surface area contributed by atoms with E-state index >= 15 is 0 Å². The molecule has 2 aliphatic heterocycles. The first-order valence-corrected chi connectivity index (χ1v) is 15.9. The summed E-state index contributed by atoms with van der Waals surface area (Å²) < 4.78 is 29.3. The molecule has 2 fully saturated rings. The Morgan fingerprint density at radius 1 is 1.10 bits per heavy atom. The largest absolute Gasteiger partial charge is 0.342 e. The summed E-state index contributed by atoms with van der Waals surface area (Å²) in [6, 6.07) is 12.0. The first-order chi connectivity index (χ1) is 19.3. The van der Waals surface area contributed by atoms with Gasteiger partial charge in [0, 0.05) is 43.0 Å². The van der Waals surface area contributed by atoms with E-state index in [1.807, 2.05) is 80.0 Å². The van der Waals surface area contributed by atoms with E-state index in [4.69, 9.17) is 4.98 Å². The van der Waals surface area contributed by atoms with Crippen LogP contribution in [-0.4, -0.2) is 89.4 Å². The molecule has 5 rings (SSSR count). The van der Waals surface area contributed by atoms with Crippen LogP contribution in [0.3, 0.4) is 0 Å². The summed E-state index contributed by atoms with van der Waals surface area (Å²) in [5.74, 6) is -0.779. The Kier molecular flexibility index (Phi) is 7.73. The predicted octanol–water partition coefficient (Wildman–Crippen LogP) is 2.47. The lowest BCUT2D eigenvalue weighted by molar-refractivity contribution is -0.140. The summed E-state index contributed by atoms with van der Waals surface area (Å²) in [7, 11) is -1.83. The van der Waals surface area contributed by atoms with E-state index in [2.05, 4.69) is 10.6 Å². The molecule has 2 aliphatic rings. The van der Waals surface area contributed by atoms with Gasteiger partial charge in [0.2, 0.25) is 21.8 Å². The number of benzene rings is 1. The van der Waals surface area contributed by atoms with Crippen LogP contribution in [0.5, 0.6) is 0 Å². The zero-order valence-corrected chi connectivity index (χ0v) is 25.4. The van der Waals surface area contributed by atoms with Crippen molar-refractivity contribution in [2.75, 3.05) is 26.4 Å². The van der Waals surface area contributed by atoms with E-state index in [9.17, 15) is 18.0 Å². The number of aromatic nitrogens is 2. The van der Waals surface area contributed by atoms with Gasteiger partial charge >= 0.3 is 0 Å². The van der Waals surface area contributed by atoms with Crippen molar-refractivity contribution in [2.45, 2.75) is 64.2 Å². The number of nitrogens with one attached hydrogen (secondary N) is 2. The highest BCUT2D eigenvalue weighted by Gasteiger charge is 2.55. The molecule has 10 nitrogen and oxygen atoms in total. The maximum atomic E-state index is 14.2. The molecule has 2 saturated heterocycles. The quantitative estimate of drug-likeness (QED) is 0.444. The van der Waals surface area contributed by atoms with Crippen LogP contribution in [0.4, 0.5) is 0 Å². The number of carbonyl (C=O) groups excluding carboxylic acids is 2. The van der Waals surface area contributed by atoms with Gasteiger partial charge in [-0.25, -0.2) is 13.4 Å². The molecular formula is C30H40N6O4S. The standard InChI is InChI=1S/C30H40N6O4S/c1-19(31-5)28(37)33-26(30(2,3)4)29(38)35-16-14-24-25(35)22(17-36(24)41(6,39)40)23-18-34-15-10-13-21(27(34)32-23)20-11-8-7-9-12-20/h7-13,15,18-19,22,24-26,31H,14,16-17H2,1-6H3,(H,33,37)/t19-,22+,24?,25+,26+/m0/s1. The molecule has 0 radical (unpaired) electrons. The Balaban J connectivity index is 1.54. The molecule has 0 saturated carbocycles. The molecule has 41 heavy (non-hydrogen) atoms. The Labute approximate surface area is 242 Å². The molecule has 1 aromatic carbocycles. The summed E-state index contributed by atoms with van der Waals surface area (Å²) in [6.45, 7) is 8.17. The second kappa shape index (κ2) is 10.8. The molecule has 0 spiro atoms. The Bertz CT molecular complexity index is 1550. The van der Waals surface area contributed by atoms with Crippen LogP contribution in [0, 0.1) is 5.41 Å². The Hall–Kier alpha value is -3.28. The second-order valence-corrected chi connectivity index (χ2v) is 14.3. The van der Waals surface area contributed by atoms with Crippen molar-refractivity contribution in [1.82, 2.24) is 29.2 Å². The average molecular weight is 581 g/mol. The molecule has 3 aromatic rings. The molecule has 11 heteroatoms. The molecule has 4 heterocycles. The monoisotopic (exact) mass is 580 g/mol. The van der Waals surface area contributed by atoms with Gasteiger partial charge in [0.15, 0.2) is 0 Å². The minimum absolute atomic E-state index is 0.198. The topological polar surface area (TPSA) is 116 Å². The fourth-order valence-corrected chi connectivity index (χ4v) is 7.36. The summed E-state index contributed by atoms with van der Waals surface area (Å²) >= 11 is 0. The van der Waals surface area contributed by atoms with Gasteiger partial charge in [-0.15, -0.1) is 0 Å². The third kappa shape index (κ3) is 5.50. The number of carbonyl (C=O) groups is 2. The fraction of sp³-hybridized carbons (Fsp3) is 0.500. The van der Waals surface area contributed by atoms with Gasteiger partial charge in [0.1, 0.15) is 11.7 Å². The van der Waals surface area contributed by atoms with E-state index in [-0.39, 0.29) is 30.3 Å². The van der Waals surface area contributed by atoms with Gasteiger partial charge in [-0.3, -0.25) is 9.59 Å². The lowest BCUT2D eigenvalue weighted by Gasteiger charge is -2.37. The minimum Gasteiger partial charge on any atom is -0.342 e. The normalized spacial score (nSPS) is 23.0. The average Bonchev–Trinajstić information content (AvgIpc) is 3.64. The maximum Gasteiger partial charge on any atom is 0.246 e. The third-order valence-electron chi connectivity index (χ3n) is 8.48. The fourth-order valence-electron chi connectivity index (χ4n) is 6.21. The van der Waals surface area contributed by atoms with Crippen molar-refractivity contribution in [3.8, 4) is 11.1 Å². The van der Waals surface area contributed by atoms with E-state index in [0.29, 0.717) is 13.0 Å². The molecule has 0 bridgehead atoms. The zero-order valence-electron chi connectivity index (χ0n) is 24.5. The van der Waals surface area contributed by atoms with Crippen LogP contribution >= 0.6 is 0 Å². The van der Waals surface area contributed by atoms with Crippen molar-refractivity contribution in [2.24, 2.45) is 5.41 Å². The van der Waals surface area contributed by atoms with Crippen LogP contribution in [0.15, 0.2) is 54.9 Å². The summed E-state index contributed by atoms with van der Waals surface area (Å²) in [4.78, 5) is 33.9. The molecule has 5 atom stereocenters. The van der Waals surface area contributed by atoms with E-state index < -0.39 is 33.6 Å². The van der Waals surface area contributed by atoms with Gasteiger partial charge in [-0.2, -0.15) is 4.31 Å². The lowest BCUT2D eigenvalue weighted by atomic mass is 9.85. The smallest absolute Gasteiger partial charge is 0.246 e. The van der Waals surface area contributed by atoms with E-state index in [0.717, 1.165) is 22.5 Å². The predicted molar refractivity (Wildman–Crippen MR) is 159 cm³/mol. The number of hydrogen-bond donors (Lipinski definition) is 2. The van der Waals surface area contributed by atoms with Gasteiger partial charge in [0.05, 0.1) is 24.0 Å². The van der Waals surface area contributed by atoms with Crippen molar-refractivity contribution < 1.29 is 18.0 Å². The lowest BCUT2D eigenvalue weighted by Crippen LogP contribution is -2.59. The molecule has 1 unspecified atom stereocenters. The summed E-state index contributed by atoms with van der Waals surface area (Å²) in [5, 5.41) is 5.89. The Morgan fingerprint density at radius 2 is 1.80 bits per heavy atom. The SMILES string of the molecule is CN[C@@H](C)C(=O)N[C@H](C(=O)N1CCC2[C@H]1[C@@H](c1cn3cccc(-c4ccccc4)c3n1)CN2S(C)(=O)=O)C(C)(C)C. The van der Waals surface area contributed by atoms with Crippen LogP contribution in [0.2, 0.25) is 0 Å². The van der Waals surface area contributed by atoms with Gasteiger partial charge < -0.3 is 19.9 Å². The number of imidazole rings is 1. The van der Waals surface area contributed by atoms with E-state index in [1.54, 1.807) is 18.9 Å². The van der Waals surface area contributed by atoms with Crippen molar-refractivity contribution >= 4 is 27.5 Å². The van der Waals surface area contributed by atoms with Crippen molar-refractivity contribution in [3.05, 3.63) is 60.6 Å². The highest BCUT2D eigenvalue weighted by atomic mass is 32.2. The summed E-state index contributed by atoms with van der Waals surface area (Å²) in [5.41, 5.74) is 2.97. The highest BCUT2D eigenvalue weighted by Crippen LogP contribution is 2.43. The summed E-state index contributed by atoms with van der Waals surface area (Å²) in [6.07, 6.45) is 5.64.